The number of piperidine rings is 1. The monoisotopic (exact) mass is 414 g/mol. The molecule has 1 amide bonds. The van der Waals surface area contributed by atoms with E-state index in [0.717, 1.165) is 54.8 Å². The van der Waals surface area contributed by atoms with Crippen LogP contribution in [0.15, 0.2) is 59.0 Å². The van der Waals surface area contributed by atoms with Gasteiger partial charge in [-0.1, -0.05) is 36.4 Å². The van der Waals surface area contributed by atoms with Crippen LogP contribution in [-0.4, -0.2) is 37.5 Å². The molecule has 4 rings (SSSR count). The third-order valence-corrected chi connectivity index (χ3v) is 5.32. The highest BCUT2D eigenvalue weighted by atomic mass is 35.5. The molecule has 1 atom stereocenters. The fourth-order valence-electron chi connectivity index (χ4n) is 3.94. The van der Waals surface area contributed by atoms with Crippen molar-refractivity contribution < 1.29 is 13.9 Å². The number of fused-ring (bicyclic) bond motifs is 1. The summed E-state index contributed by atoms with van der Waals surface area (Å²) in [7, 11) is 1.96. The maximum Gasteiger partial charge on any atom is 0.290 e. The molecule has 29 heavy (non-hydrogen) atoms. The van der Waals surface area contributed by atoms with Crippen molar-refractivity contribution in [2.45, 2.75) is 19.4 Å². The Morgan fingerprint density at radius 3 is 2.72 bits per heavy atom. The Bertz CT molecular complexity index is 940. The number of para-hydroxylation sites is 2. The lowest BCUT2D eigenvalue weighted by atomic mass is 9.97. The molecule has 1 fully saturated rings. The van der Waals surface area contributed by atoms with Crippen molar-refractivity contribution in [2.24, 2.45) is 5.92 Å². The van der Waals surface area contributed by atoms with Crippen LogP contribution in [0.1, 0.15) is 29.0 Å². The van der Waals surface area contributed by atoms with Crippen LogP contribution < -0.4 is 10.1 Å². The van der Waals surface area contributed by atoms with Gasteiger partial charge in [-0.3, -0.25) is 4.79 Å². The van der Waals surface area contributed by atoms with Gasteiger partial charge in [0.1, 0.15) is 17.9 Å². The summed E-state index contributed by atoms with van der Waals surface area (Å²) in [6, 6.07) is 17.4. The van der Waals surface area contributed by atoms with Gasteiger partial charge in [0.05, 0.1) is 0 Å². The van der Waals surface area contributed by atoms with Crippen molar-refractivity contribution in [3.05, 3.63) is 65.9 Å². The highest BCUT2D eigenvalue weighted by Gasteiger charge is 2.29. The average Bonchev–Trinajstić information content (AvgIpc) is 3.11. The van der Waals surface area contributed by atoms with E-state index in [2.05, 4.69) is 5.32 Å². The van der Waals surface area contributed by atoms with Gasteiger partial charge in [-0.25, -0.2) is 0 Å². The molecule has 0 bridgehead atoms. The summed E-state index contributed by atoms with van der Waals surface area (Å²) < 4.78 is 12.0. The standard InChI is InChI=1S/C23H26N2O3.ClH/c1-24-14-17-8-7-13-25(15-17)23(26)22-20(16-27-18-9-3-2-4-10-18)19-11-5-6-12-21(19)28-22;/h2-6,9-12,17,24H,7-8,13-16H2,1H3;1H. The first kappa shape index (κ1) is 21.2. The Hall–Kier alpha value is -2.50. The molecule has 2 heterocycles. The van der Waals surface area contributed by atoms with E-state index in [4.69, 9.17) is 9.15 Å². The maximum atomic E-state index is 13.3. The molecule has 154 valence electrons. The minimum atomic E-state index is -0.0383. The normalized spacial score (nSPS) is 16.4. The molecule has 0 radical (unpaired) electrons. The van der Waals surface area contributed by atoms with Crippen LogP contribution >= 0.6 is 12.4 Å². The number of nitrogens with zero attached hydrogens (tertiary/aromatic N) is 1. The van der Waals surface area contributed by atoms with Gasteiger partial charge in [-0.2, -0.15) is 0 Å². The third kappa shape index (κ3) is 4.74. The number of hydrogen-bond acceptors (Lipinski definition) is 4. The number of furan rings is 1. The summed E-state index contributed by atoms with van der Waals surface area (Å²) in [5.74, 6) is 1.63. The van der Waals surface area contributed by atoms with E-state index in [9.17, 15) is 4.79 Å². The van der Waals surface area contributed by atoms with Crippen LogP contribution in [0.3, 0.4) is 0 Å². The summed E-state index contributed by atoms with van der Waals surface area (Å²) in [6.45, 7) is 2.76. The first-order chi connectivity index (χ1) is 13.8. The Labute approximate surface area is 177 Å². The number of nitrogens with one attached hydrogen (secondary N) is 1. The summed E-state index contributed by atoms with van der Waals surface area (Å²) in [4.78, 5) is 15.2. The van der Waals surface area contributed by atoms with Crippen LogP contribution in [0.5, 0.6) is 5.75 Å². The largest absolute Gasteiger partial charge is 0.489 e. The third-order valence-electron chi connectivity index (χ3n) is 5.32. The molecule has 0 saturated carbocycles. The molecule has 1 aliphatic heterocycles. The molecule has 3 aromatic rings. The fraction of sp³-hybridized carbons (Fsp3) is 0.348. The molecule has 1 aromatic heterocycles. The van der Waals surface area contributed by atoms with E-state index in [-0.39, 0.29) is 18.3 Å². The van der Waals surface area contributed by atoms with Crippen molar-refractivity contribution in [1.82, 2.24) is 10.2 Å². The zero-order valence-electron chi connectivity index (χ0n) is 16.6. The van der Waals surface area contributed by atoms with Gasteiger partial charge in [-0.15, -0.1) is 12.4 Å². The van der Waals surface area contributed by atoms with E-state index in [1.54, 1.807) is 0 Å². The molecule has 5 nitrogen and oxygen atoms in total. The Morgan fingerprint density at radius 1 is 1.17 bits per heavy atom. The average molecular weight is 415 g/mol. The maximum absolute atomic E-state index is 13.3. The molecule has 1 N–H and O–H groups in total. The zero-order valence-corrected chi connectivity index (χ0v) is 17.4. The molecule has 1 unspecified atom stereocenters. The summed E-state index contributed by atoms with van der Waals surface area (Å²) in [5.41, 5.74) is 1.54. The Balaban J connectivity index is 0.00000240. The predicted octanol–water partition coefficient (Wildman–Crippen LogP) is 4.51. The molecule has 1 saturated heterocycles. The number of carbonyl (C=O) groups excluding carboxylic acids is 1. The molecule has 2 aromatic carbocycles. The van der Waals surface area contributed by atoms with Crippen LogP contribution in [0, 0.1) is 5.92 Å². The molecule has 0 spiro atoms. The quantitative estimate of drug-likeness (QED) is 0.645. The zero-order chi connectivity index (χ0) is 19.3. The lowest BCUT2D eigenvalue weighted by Gasteiger charge is -2.32. The molecule has 1 aliphatic rings. The minimum Gasteiger partial charge on any atom is -0.489 e. The predicted molar refractivity (Wildman–Crippen MR) is 117 cm³/mol. The van der Waals surface area contributed by atoms with Gasteiger partial charge < -0.3 is 19.4 Å². The van der Waals surface area contributed by atoms with Crippen molar-refractivity contribution in [2.75, 3.05) is 26.7 Å². The first-order valence-corrected chi connectivity index (χ1v) is 9.88. The lowest BCUT2D eigenvalue weighted by molar-refractivity contribution is 0.0641. The number of benzene rings is 2. The van der Waals surface area contributed by atoms with Crippen molar-refractivity contribution >= 4 is 29.3 Å². The van der Waals surface area contributed by atoms with Crippen LogP contribution in [-0.2, 0) is 6.61 Å². The van der Waals surface area contributed by atoms with Gasteiger partial charge in [0, 0.05) is 24.0 Å². The van der Waals surface area contributed by atoms with E-state index < -0.39 is 0 Å². The topological polar surface area (TPSA) is 54.7 Å². The van der Waals surface area contributed by atoms with Gasteiger partial charge in [0.2, 0.25) is 0 Å². The fourth-order valence-corrected chi connectivity index (χ4v) is 3.94. The lowest BCUT2D eigenvalue weighted by Crippen LogP contribution is -2.42. The van der Waals surface area contributed by atoms with Crippen molar-refractivity contribution in [3.8, 4) is 5.75 Å². The van der Waals surface area contributed by atoms with Crippen molar-refractivity contribution in [1.29, 1.82) is 0 Å². The van der Waals surface area contributed by atoms with Crippen LogP contribution in [0.4, 0.5) is 0 Å². The number of hydrogen-bond donors (Lipinski definition) is 1. The van der Waals surface area contributed by atoms with Gasteiger partial charge in [0.15, 0.2) is 5.76 Å². The first-order valence-electron chi connectivity index (χ1n) is 9.88. The smallest absolute Gasteiger partial charge is 0.290 e. The van der Waals surface area contributed by atoms with Crippen molar-refractivity contribution in [3.63, 3.8) is 0 Å². The summed E-state index contributed by atoms with van der Waals surface area (Å²) in [6.07, 6.45) is 2.17. The Morgan fingerprint density at radius 2 is 1.93 bits per heavy atom. The van der Waals surface area contributed by atoms with Gasteiger partial charge >= 0.3 is 0 Å². The SMILES string of the molecule is CNCC1CCCN(C(=O)c2oc3ccccc3c2COc2ccccc2)C1.Cl. The summed E-state index contributed by atoms with van der Waals surface area (Å²) in [5, 5.41) is 4.16. The minimum absolute atomic E-state index is 0. The second-order valence-corrected chi connectivity index (χ2v) is 7.32. The summed E-state index contributed by atoms with van der Waals surface area (Å²) >= 11 is 0. The second-order valence-electron chi connectivity index (χ2n) is 7.32. The molecular formula is C23H27ClN2O3. The number of halogens is 1. The molecular weight excluding hydrogens is 388 g/mol. The van der Waals surface area contributed by atoms with Crippen LogP contribution in [0.2, 0.25) is 0 Å². The highest BCUT2D eigenvalue weighted by molar-refractivity contribution is 5.99. The number of amides is 1. The second kappa shape index (κ2) is 9.81. The van der Waals surface area contributed by atoms with E-state index in [0.29, 0.717) is 18.3 Å². The molecule has 6 heteroatoms. The van der Waals surface area contributed by atoms with Crippen LogP contribution in [0.25, 0.3) is 11.0 Å². The number of ether oxygens (including phenoxy) is 1. The van der Waals surface area contributed by atoms with E-state index in [1.165, 1.54) is 0 Å². The molecule has 0 aliphatic carbocycles. The number of carbonyl (C=O) groups is 1. The van der Waals surface area contributed by atoms with Gasteiger partial charge in [-0.05, 0) is 50.6 Å². The van der Waals surface area contributed by atoms with E-state index >= 15 is 0 Å². The number of rotatable bonds is 6. The number of likely N-dealkylation sites (tertiary alicyclic amines) is 1. The van der Waals surface area contributed by atoms with E-state index in [1.807, 2.05) is 66.5 Å². The Kier molecular flexibility index (Phi) is 7.18. The van der Waals surface area contributed by atoms with Gasteiger partial charge in [0.25, 0.3) is 5.91 Å². The highest BCUT2D eigenvalue weighted by Crippen LogP contribution is 2.29.